The minimum Gasteiger partial charge on any atom is -0.506 e. The van der Waals surface area contributed by atoms with E-state index in [1.54, 1.807) is 25.1 Å². The number of carbonyl (C=O) groups is 1. The molecule has 0 radical (unpaired) electrons. The zero-order chi connectivity index (χ0) is 15.6. The van der Waals surface area contributed by atoms with Gasteiger partial charge in [-0.15, -0.1) is 0 Å². The summed E-state index contributed by atoms with van der Waals surface area (Å²) in [4.78, 5) is 22.1. The normalized spacial score (nSPS) is 10.2. The van der Waals surface area contributed by atoms with E-state index in [2.05, 4.69) is 5.32 Å². The average molecular weight is 307 g/mol. The van der Waals surface area contributed by atoms with Crippen LogP contribution in [0.2, 0.25) is 5.02 Å². The van der Waals surface area contributed by atoms with Gasteiger partial charge in [-0.3, -0.25) is 14.9 Å². The molecule has 0 aliphatic carbocycles. The Hall–Kier alpha value is -2.60. The van der Waals surface area contributed by atoms with Gasteiger partial charge in [0.05, 0.1) is 27.3 Å². The second-order valence-electron chi connectivity index (χ2n) is 4.35. The van der Waals surface area contributed by atoms with Crippen LogP contribution in [0.15, 0.2) is 36.4 Å². The molecule has 0 aromatic heterocycles. The van der Waals surface area contributed by atoms with Gasteiger partial charge >= 0.3 is 0 Å². The largest absolute Gasteiger partial charge is 0.506 e. The number of phenolic OH excluding ortho intramolecular Hbond substituents is 1. The van der Waals surface area contributed by atoms with Crippen LogP contribution in [0.3, 0.4) is 0 Å². The molecule has 0 bridgehead atoms. The lowest BCUT2D eigenvalue weighted by atomic mass is 10.1. The van der Waals surface area contributed by atoms with Gasteiger partial charge in [-0.05, 0) is 24.6 Å². The first-order valence-electron chi connectivity index (χ1n) is 5.94. The summed E-state index contributed by atoms with van der Waals surface area (Å²) in [5, 5.41) is 23.1. The van der Waals surface area contributed by atoms with Crippen molar-refractivity contribution in [2.24, 2.45) is 0 Å². The van der Waals surface area contributed by atoms with E-state index in [9.17, 15) is 20.0 Å². The molecule has 0 spiro atoms. The standard InChI is InChI=1S/C14H11ClN2O4/c1-8-3-2-4-10(13(8)15)14(19)16-11-6-5-9(17(20)21)7-12(11)18/h2-7,18H,1H3,(H,16,19). The fourth-order valence-corrected chi connectivity index (χ4v) is 1.96. The molecular weight excluding hydrogens is 296 g/mol. The molecule has 2 aromatic rings. The quantitative estimate of drug-likeness (QED) is 0.515. The van der Waals surface area contributed by atoms with E-state index >= 15 is 0 Å². The molecule has 0 aliphatic rings. The summed E-state index contributed by atoms with van der Waals surface area (Å²) >= 11 is 6.05. The van der Waals surface area contributed by atoms with Gasteiger partial charge in [0.1, 0.15) is 5.75 Å². The van der Waals surface area contributed by atoms with Crippen LogP contribution in [-0.2, 0) is 0 Å². The molecule has 108 valence electrons. The Morgan fingerprint density at radius 3 is 2.67 bits per heavy atom. The van der Waals surface area contributed by atoms with Crippen LogP contribution < -0.4 is 5.32 Å². The molecule has 2 rings (SSSR count). The number of nitro benzene ring substituents is 1. The van der Waals surface area contributed by atoms with Gasteiger partial charge in [0.15, 0.2) is 0 Å². The van der Waals surface area contributed by atoms with Crippen molar-refractivity contribution in [1.82, 2.24) is 0 Å². The van der Waals surface area contributed by atoms with Crippen LogP contribution in [0, 0.1) is 17.0 Å². The van der Waals surface area contributed by atoms with Crippen LogP contribution in [0.1, 0.15) is 15.9 Å². The van der Waals surface area contributed by atoms with Crippen LogP contribution in [0.5, 0.6) is 5.75 Å². The van der Waals surface area contributed by atoms with Crippen molar-refractivity contribution in [2.45, 2.75) is 6.92 Å². The number of rotatable bonds is 3. The molecule has 0 heterocycles. The molecule has 1 amide bonds. The summed E-state index contributed by atoms with van der Waals surface area (Å²) in [6.07, 6.45) is 0. The molecule has 2 aromatic carbocycles. The minimum absolute atomic E-state index is 0.0724. The van der Waals surface area contributed by atoms with Gasteiger partial charge in [0.25, 0.3) is 11.6 Å². The third-order valence-corrected chi connectivity index (χ3v) is 3.38. The second-order valence-corrected chi connectivity index (χ2v) is 4.73. The van der Waals surface area contributed by atoms with Crippen molar-refractivity contribution in [2.75, 3.05) is 5.32 Å². The molecule has 21 heavy (non-hydrogen) atoms. The van der Waals surface area contributed by atoms with Gasteiger partial charge in [0, 0.05) is 6.07 Å². The Labute approximate surface area is 125 Å². The molecule has 0 aliphatic heterocycles. The average Bonchev–Trinajstić information content (AvgIpc) is 2.43. The highest BCUT2D eigenvalue weighted by atomic mass is 35.5. The van der Waals surface area contributed by atoms with Crippen molar-refractivity contribution in [3.63, 3.8) is 0 Å². The number of carbonyl (C=O) groups excluding carboxylic acids is 1. The Kier molecular flexibility index (Phi) is 4.09. The number of anilines is 1. The molecule has 2 N–H and O–H groups in total. The molecular formula is C14H11ClN2O4. The number of aryl methyl sites for hydroxylation is 1. The summed E-state index contributed by atoms with van der Waals surface area (Å²) in [6.45, 7) is 1.77. The molecule has 0 saturated heterocycles. The van der Waals surface area contributed by atoms with Crippen LogP contribution in [0.4, 0.5) is 11.4 Å². The first-order valence-corrected chi connectivity index (χ1v) is 6.32. The maximum absolute atomic E-state index is 12.1. The van der Waals surface area contributed by atoms with Crippen molar-refractivity contribution >= 4 is 28.9 Å². The SMILES string of the molecule is Cc1cccc(C(=O)Nc2ccc([N+](=O)[O-])cc2O)c1Cl. The molecule has 0 atom stereocenters. The van der Waals surface area contributed by atoms with Crippen LogP contribution in [-0.4, -0.2) is 15.9 Å². The number of halogens is 1. The van der Waals surface area contributed by atoms with E-state index in [1.807, 2.05) is 0 Å². The fraction of sp³-hybridized carbons (Fsp3) is 0.0714. The first-order chi connectivity index (χ1) is 9.90. The van der Waals surface area contributed by atoms with E-state index in [1.165, 1.54) is 12.1 Å². The fourth-order valence-electron chi connectivity index (χ4n) is 1.75. The zero-order valence-corrected chi connectivity index (χ0v) is 11.7. The summed E-state index contributed by atoms with van der Waals surface area (Å²) in [5.74, 6) is -0.894. The van der Waals surface area contributed by atoms with Crippen molar-refractivity contribution in [3.05, 3.63) is 62.7 Å². The molecule has 6 nitrogen and oxygen atoms in total. The summed E-state index contributed by atoms with van der Waals surface area (Å²) in [6, 6.07) is 8.41. The summed E-state index contributed by atoms with van der Waals surface area (Å²) < 4.78 is 0. The Morgan fingerprint density at radius 1 is 1.33 bits per heavy atom. The van der Waals surface area contributed by atoms with E-state index in [0.29, 0.717) is 5.02 Å². The zero-order valence-electron chi connectivity index (χ0n) is 11.0. The smallest absolute Gasteiger partial charge is 0.273 e. The number of non-ortho nitro benzene ring substituents is 1. The van der Waals surface area contributed by atoms with E-state index in [0.717, 1.165) is 11.6 Å². The van der Waals surface area contributed by atoms with Gasteiger partial charge < -0.3 is 10.4 Å². The predicted octanol–water partition coefficient (Wildman–Crippen LogP) is 3.51. The maximum atomic E-state index is 12.1. The van der Waals surface area contributed by atoms with Crippen LogP contribution >= 0.6 is 11.6 Å². The van der Waals surface area contributed by atoms with E-state index < -0.39 is 10.8 Å². The Bertz CT molecular complexity index is 731. The van der Waals surface area contributed by atoms with E-state index in [4.69, 9.17) is 11.6 Å². The van der Waals surface area contributed by atoms with Crippen molar-refractivity contribution in [3.8, 4) is 5.75 Å². The summed E-state index contributed by atoms with van der Waals surface area (Å²) in [5.41, 5.74) is 0.814. The minimum atomic E-state index is -0.636. The van der Waals surface area contributed by atoms with Crippen molar-refractivity contribution in [1.29, 1.82) is 0 Å². The number of benzene rings is 2. The van der Waals surface area contributed by atoms with Crippen LogP contribution in [0.25, 0.3) is 0 Å². The lowest BCUT2D eigenvalue weighted by Crippen LogP contribution is -2.13. The van der Waals surface area contributed by atoms with Gasteiger partial charge in [-0.1, -0.05) is 23.7 Å². The second kappa shape index (κ2) is 5.80. The van der Waals surface area contributed by atoms with Gasteiger partial charge in [0.2, 0.25) is 0 Å². The monoisotopic (exact) mass is 306 g/mol. The van der Waals surface area contributed by atoms with Crippen molar-refractivity contribution < 1.29 is 14.8 Å². The third-order valence-electron chi connectivity index (χ3n) is 2.88. The number of amides is 1. The lowest BCUT2D eigenvalue weighted by Gasteiger charge is -2.09. The Balaban J connectivity index is 2.28. The van der Waals surface area contributed by atoms with Gasteiger partial charge in [-0.25, -0.2) is 0 Å². The molecule has 7 heteroatoms. The Morgan fingerprint density at radius 2 is 2.05 bits per heavy atom. The number of hydrogen-bond donors (Lipinski definition) is 2. The highest BCUT2D eigenvalue weighted by Gasteiger charge is 2.15. The first kappa shape index (κ1) is 14.8. The number of hydrogen-bond acceptors (Lipinski definition) is 4. The molecule has 0 fully saturated rings. The highest BCUT2D eigenvalue weighted by molar-refractivity contribution is 6.35. The number of nitro groups is 1. The number of aromatic hydroxyl groups is 1. The number of phenols is 1. The maximum Gasteiger partial charge on any atom is 0.273 e. The lowest BCUT2D eigenvalue weighted by molar-refractivity contribution is -0.384. The summed E-state index contributed by atoms with van der Waals surface area (Å²) in [7, 11) is 0. The molecule has 0 unspecified atom stereocenters. The van der Waals surface area contributed by atoms with E-state index in [-0.39, 0.29) is 22.7 Å². The number of nitrogens with one attached hydrogen (secondary N) is 1. The highest BCUT2D eigenvalue weighted by Crippen LogP contribution is 2.29. The molecule has 0 saturated carbocycles. The third kappa shape index (κ3) is 3.11. The predicted molar refractivity (Wildman–Crippen MR) is 78.9 cm³/mol. The van der Waals surface area contributed by atoms with Gasteiger partial charge in [-0.2, -0.15) is 0 Å². The number of nitrogens with zero attached hydrogens (tertiary/aromatic N) is 1. The topological polar surface area (TPSA) is 92.5 Å².